The summed E-state index contributed by atoms with van der Waals surface area (Å²) in [4.78, 5) is 4.37. The van der Waals surface area contributed by atoms with Gasteiger partial charge < -0.3 is 19.3 Å². The Hall–Kier alpha value is -3.09. The number of hydrogen-bond donors (Lipinski definition) is 1. The van der Waals surface area contributed by atoms with Crippen LogP contribution < -0.4 is 14.8 Å². The average molecular weight is 371 g/mol. The third-order valence-corrected chi connectivity index (χ3v) is 4.09. The van der Waals surface area contributed by atoms with E-state index in [1.54, 1.807) is 26.2 Å². The number of anilines is 1. The van der Waals surface area contributed by atoms with Gasteiger partial charge in [-0.05, 0) is 44.5 Å². The van der Waals surface area contributed by atoms with E-state index in [2.05, 4.69) is 15.5 Å². The predicted octanol–water partition coefficient (Wildman–Crippen LogP) is 4.76. The number of benzene rings is 2. The van der Waals surface area contributed by atoms with Crippen LogP contribution in [0, 0.1) is 12.7 Å². The van der Waals surface area contributed by atoms with E-state index in [1.165, 1.54) is 6.07 Å². The lowest BCUT2D eigenvalue weighted by molar-refractivity contribution is 0.311. The van der Waals surface area contributed by atoms with Crippen LogP contribution >= 0.6 is 0 Å². The average Bonchev–Trinajstić information content (AvgIpc) is 3.15. The van der Waals surface area contributed by atoms with Gasteiger partial charge >= 0.3 is 0 Å². The van der Waals surface area contributed by atoms with Crippen LogP contribution in [0.1, 0.15) is 31.3 Å². The largest absolute Gasteiger partial charge is 0.493 e. The summed E-state index contributed by atoms with van der Waals surface area (Å²) in [5.74, 6) is 1.77. The van der Waals surface area contributed by atoms with Gasteiger partial charge in [0.15, 0.2) is 11.5 Å². The molecular weight excluding hydrogens is 349 g/mol. The Morgan fingerprint density at radius 2 is 2.00 bits per heavy atom. The van der Waals surface area contributed by atoms with Gasteiger partial charge in [0.2, 0.25) is 11.7 Å². The summed E-state index contributed by atoms with van der Waals surface area (Å²) < 4.78 is 30.0. The highest BCUT2D eigenvalue weighted by Crippen LogP contribution is 2.31. The Morgan fingerprint density at radius 3 is 2.70 bits per heavy atom. The highest BCUT2D eigenvalue weighted by Gasteiger charge is 2.17. The third kappa shape index (κ3) is 4.19. The molecule has 0 amide bonds. The SMILES string of the molecule is CCOc1ccc(N[C@H](C)c2nc(-c3ccc(C)c(F)c3)no2)cc1OC. The molecule has 6 nitrogen and oxygen atoms in total. The Kier molecular flexibility index (Phi) is 5.59. The van der Waals surface area contributed by atoms with Crippen LogP contribution in [0.4, 0.5) is 10.1 Å². The summed E-state index contributed by atoms with van der Waals surface area (Å²) >= 11 is 0. The number of aromatic nitrogens is 2. The zero-order chi connectivity index (χ0) is 19.4. The van der Waals surface area contributed by atoms with Crippen molar-refractivity contribution in [1.82, 2.24) is 10.1 Å². The first-order valence-electron chi connectivity index (χ1n) is 8.69. The monoisotopic (exact) mass is 371 g/mol. The maximum atomic E-state index is 13.8. The van der Waals surface area contributed by atoms with Crippen molar-refractivity contribution in [2.24, 2.45) is 0 Å². The minimum atomic E-state index is -0.300. The molecule has 0 spiro atoms. The van der Waals surface area contributed by atoms with Gasteiger partial charge in [-0.2, -0.15) is 4.98 Å². The van der Waals surface area contributed by atoms with Crippen molar-refractivity contribution in [2.45, 2.75) is 26.8 Å². The molecule has 27 heavy (non-hydrogen) atoms. The second-order valence-electron chi connectivity index (χ2n) is 6.08. The van der Waals surface area contributed by atoms with Crippen LogP contribution in [0.25, 0.3) is 11.4 Å². The molecule has 0 unspecified atom stereocenters. The fourth-order valence-corrected chi connectivity index (χ4v) is 2.60. The van der Waals surface area contributed by atoms with Crippen LogP contribution in [-0.2, 0) is 0 Å². The van der Waals surface area contributed by atoms with E-state index < -0.39 is 0 Å². The Labute approximate surface area is 157 Å². The molecule has 0 fully saturated rings. The molecule has 0 aliphatic heterocycles. The molecule has 2 aromatic carbocycles. The van der Waals surface area contributed by atoms with E-state index in [4.69, 9.17) is 14.0 Å². The van der Waals surface area contributed by atoms with E-state index in [1.807, 2.05) is 32.0 Å². The first-order valence-corrected chi connectivity index (χ1v) is 8.69. The van der Waals surface area contributed by atoms with E-state index in [0.29, 0.717) is 40.9 Å². The standard InChI is InChI=1S/C20H22FN3O3/c1-5-26-17-9-8-15(11-18(17)25-4)22-13(3)20-23-19(24-27-20)14-7-6-12(2)16(21)10-14/h6-11,13,22H,5H2,1-4H3/t13-/m1/s1. The summed E-state index contributed by atoms with van der Waals surface area (Å²) in [5, 5.41) is 7.24. The number of hydrogen-bond acceptors (Lipinski definition) is 6. The van der Waals surface area contributed by atoms with Crippen molar-refractivity contribution >= 4 is 5.69 Å². The number of nitrogens with zero attached hydrogens (tertiary/aromatic N) is 2. The van der Waals surface area contributed by atoms with Crippen LogP contribution in [0.3, 0.4) is 0 Å². The van der Waals surface area contributed by atoms with Crippen molar-refractivity contribution in [3.63, 3.8) is 0 Å². The Morgan fingerprint density at radius 1 is 1.19 bits per heavy atom. The number of nitrogens with one attached hydrogen (secondary N) is 1. The van der Waals surface area contributed by atoms with Crippen molar-refractivity contribution in [3.8, 4) is 22.9 Å². The number of halogens is 1. The lowest BCUT2D eigenvalue weighted by Gasteiger charge is -2.14. The van der Waals surface area contributed by atoms with Gasteiger partial charge in [0.1, 0.15) is 11.9 Å². The molecular formula is C20H22FN3O3. The minimum absolute atomic E-state index is 0.246. The quantitative estimate of drug-likeness (QED) is 0.645. The molecule has 0 aliphatic carbocycles. The van der Waals surface area contributed by atoms with Gasteiger partial charge in [-0.1, -0.05) is 17.3 Å². The highest BCUT2D eigenvalue weighted by molar-refractivity contribution is 5.56. The third-order valence-electron chi connectivity index (χ3n) is 4.09. The summed E-state index contributed by atoms with van der Waals surface area (Å²) in [6.07, 6.45) is 0. The number of ether oxygens (including phenoxy) is 2. The predicted molar refractivity (Wildman–Crippen MR) is 101 cm³/mol. The molecule has 0 aliphatic rings. The van der Waals surface area contributed by atoms with Crippen LogP contribution in [0.2, 0.25) is 0 Å². The summed E-state index contributed by atoms with van der Waals surface area (Å²) in [6.45, 7) is 6.08. The van der Waals surface area contributed by atoms with Gasteiger partial charge in [0.05, 0.1) is 13.7 Å². The van der Waals surface area contributed by atoms with Crippen molar-refractivity contribution in [1.29, 1.82) is 0 Å². The normalized spacial score (nSPS) is 11.9. The van der Waals surface area contributed by atoms with Gasteiger partial charge in [0.25, 0.3) is 0 Å². The summed E-state index contributed by atoms with van der Waals surface area (Å²) in [5.41, 5.74) is 1.97. The Bertz CT molecular complexity index is 927. The molecule has 142 valence electrons. The molecule has 0 bridgehead atoms. The van der Waals surface area contributed by atoms with Crippen molar-refractivity contribution < 1.29 is 18.4 Å². The summed E-state index contributed by atoms with van der Waals surface area (Å²) in [7, 11) is 1.59. The van der Waals surface area contributed by atoms with E-state index in [0.717, 1.165) is 5.69 Å². The molecule has 3 rings (SSSR count). The van der Waals surface area contributed by atoms with Crippen molar-refractivity contribution in [2.75, 3.05) is 19.0 Å². The molecule has 0 radical (unpaired) electrons. The Balaban J connectivity index is 1.76. The van der Waals surface area contributed by atoms with E-state index in [-0.39, 0.29) is 11.9 Å². The lowest BCUT2D eigenvalue weighted by Crippen LogP contribution is -2.07. The van der Waals surface area contributed by atoms with Gasteiger partial charge in [0, 0.05) is 17.3 Å². The maximum Gasteiger partial charge on any atom is 0.249 e. The van der Waals surface area contributed by atoms with Gasteiger partial charge in [-0.25, -0.2) is 4.39 Å². The zero-order valence-electron chi connectivity index (χ0n) is 15.7. The molecule has 1 aromatic heterocycles. The minimum Gasteiger partial charge on any atom is -0.493 e. The molecule has 7 heteroatoms. The topological polar surface area (TPSA) is 69.4 Å². The summed E-state index contributed by atoms with van der Waals surface area (Å²) in [6, 6.07) is 10.2. The van der Waals surface area contributed by atoms with Crippen LogP contribution in [0.15, 0.2) is 40.9 Å². The molecule has 1 atom stereocenters. The number of aryl methyl sites for hydroxylation is 1. The van der Waals surface area contributed by atoms with E-state index in [9.17, 15) is 4.39 Å². The molecule has 0 saturated heterocycles. The van der Waals surface area contributed by atoms with Crippen molar-refractivity contribution in [3.05, 3.63) is 53.7 Å². The van der Waals surface area contributed by atoms with Gasteiger partial charge in [-0.3, -0.25) is 0 Å². The molecule has 3 aromatic rings. The fraction of sp³-hybridized carbons (Fsp3) is 0.300. The second kappa shape index (κ2) is 8.07. The van der Waals surface area contributed by atoms with E-state index >= 15 is 0 Å². The first kappa shape index (κ1) is 18.7. The highest BCUT2D eigenvalue weighted by atomic mass is 19.1. The first-order chi connectivity index (χ1) is 13.0. The fourth-order valence-electron chi connectivity index (χ4n) is 2.60. The van der Waals surface area contributed by atoms with Gasteiger partial charge in [-0.15, -0.1) is 0 Å². The number of methoxy groups -OCH3 is 1. The molecule has 1 heterocycles. The molecule has 0 saturated carbocycles. The smallest absolute Gasteiger partial charge is 0.249 e. The lowest BCUT2D eigenvalue weighted by atomic mass is 10.1. The van der Waals surface area contributed by atoms with Crippen LogP contribution in [0.5, 0.6) is 11.5 Å². The number of rotatable bonds is 7. The van der Waals surface area contributed by atoms with Crippen LogP contribution in [-0.4, -0.2) is 23.9 Å². The zero-order valence-corrected chi connectivity index (χ0v) is 15.7. The maximum absolute atomic E-state index is 13.8. The second-order valence-corrected chi connectivity index (χ2v) is 6.08. The molecule has 1 N–H and O–H groups in total.